The van der Waals surface area contributed by atoms with E-state index in [1.807, 2.05) is 18.2 Å². The summed E-state index contributed by atoms with van der Waals surface area (Å²) in [5, 5.41) is 0. The third-order valence-corrected chi connectivity index (χ3v) is 2.39. The average molecular weight is 230 g/mol. The summed E-state index contributed by atoms with van der Waals surface area (Å²) in [6, 6.07) is 8.14. The normalized spacial score (nSPS) is 11.7. The molecule has 0 aromatic heterocycles. The van der Waals surface area contributed by atoms with Crippen molar-refractivity contribution >= 4 is 12.4 Å². The van der Waals surface area contributed by atoms with Crippen molar-refractivity contribution in [2.45, 2.75) is 32.2 Å². The highest BCUT2D eigenvalue weighted by molar-refractivity contribution is 5.85. The topological polar surface area (TPSA) is 35.2 Å². The molecule has 0 aliphatic rings. The first-order valence-corrected chi connectivity index (χ1v) is 5.17. The zero-order valence-corrected chi connectivity index (χ0v) is 10.2. The summed E-state index contributed by atoms with van der Waals surface area (Å²) in [5.74, 6) is 0.884. The maximum Gasteiger partial charge on any atom is 0.119 e. The van der Waals surface area contributed by atoms with Crippen molar-refractivity contribution in [2.75, 3.05) is 7.11 Å². The molecular formula is C12H20ClNO. The van der Waals surface area contributed by atoms with Gasteiger partial charge in [-0.25, -0.2) is 0 Å². The number of halogens is 1. The Kier molecular flexibility index (Phi) is 7.18. The number of methoxy groups -OCH3 is 1. The lowest BCUT2D eigenvalue weighted by Gasteiger charge is -2.12. The summed E-state index contributed by atoms with van der Waals surface area (Å²) in [6.45, 7) is 2.18. The lowest BCUT2D eigenvalue weighted by Crippen LogP contribution is -2.09. The Morgan fingerprint density at radius 1 is 1.40 bits per heavy atom. The molecule has 1 atom stereocenters. The molecule has 0 spiro atoms. The highest BCUT2D eigenvalue weighted by atomic mass is 35.5. The average Bonchev–Trinajstić information content (AvgIpc) is 2.26. The first kappa shape index (κ1) is 14.3. The van der Waals surface area contributed by atoms with Gasteiger partial charge in [-0.2, -0.15) is 0 Å². The molecule has 0 fully saturated rings. The molecule has 0 aliphatic carbocycles. The van der Waals surface area contributed by atoms with Gasteiger partial charge >= 0.3 is 0 Å². The number of hydrogen-bond donors (Lipinski definition) is 1. The summed E-state index contributed by atoms with van der Waals surface area (Å²) in [7, 11) is 1.68. The summed E-state index contributed by atoms with van der Waals surface area (Å²) in [5.41, 5.74) is 7.21. The van der Waals surface area contributed by atoms with Crippen LogP contribution in [0.5, 0.6) is 5.75 Å². The van der Waals surface area contributed by atoms with Crippen molar-refractivity contribution in [3.05, 3.63) is 29.8 Å². The van der Waals surface area contributed by atoms with E-state index in [1.54, 1.807) is 7.11 Å². The van der Waals surface area contributed by atoms with E-state index >= 15 is 0 Å². The zero-order chi connectivity index (χ0) is 10.4. The van der Waals surface area contributed by atoms with E-state index in [9.17, 15) is 0 Å². The molecule has 1 aromatic carbocycles. The molecule has 0 saturated heterocycles. The Balaban J connectivity index is 0.00000196. The quantitative estimate of drug-likeness (QED) is 0.841. The minimum Gasteiger partial charge on any atom is -0.497 e. The Hall–Kier alpha value is -0.730. The number of rotatable bonds is 5. The van der Waals surface area contributed by atoms with Gasteiger partial charge in [-0.15, -0.1) is 12.4 Å². The van der Waals surface area contributed by atoms with Crippen LogP contribution in [0.4, 0.5) is 0 Å². The van der Waals surface area contributed by atoms with E-state index in [2.05, 4.69) is 13.0 Å². The van der Waals surface area contributed by atoms with Crippen molar-refractivity contribution in [3.63, 3.8) is 0 Å². The number of nitrogens with two attached hydrogens (primary N) is 1. The fraction of sp³-hybridized carbons (Fsp3) is 0.500. The Bertz CT molecular complexity index is 278. The van der Waals surface area contributed by atoms with Crippen LogP contribution < -0.4 is 10.5 Å². The molecule has 15 heavy (non-hydrogen) atoms. The van der Waals surface area contributed by atoms with Gasteiger partial charge in [-0.05, 0) is 24.1 Å². The summed E-state index contributed by atoms with van der Waals surface area (Å²) in [4.78, 5) is 0. The van der Waals surface area contributed by atoms with Gasteiger partial charge in [0.25, 0.3) is 0 Å². The van der Waals surface area contributed by atoms with Crippen LogP contribution in [-0.2, 0) is 0 Å². The largest absolute Gasteiger partial charge is 0.497 e. The van der Waals surface area contributed by atoms with Crippen LogP contribution in [0.3, 0.4) is 0 Å². The van der Waals surface area contributed by atoms with Crippen LogP contribution >= 0.6 is 12.4 Å². The van der Waals surface area contributed by atoms with E-state index < -0.39 is 0 Å². The first-order chi connectivity index (χ1) is 6.77. The lowest BCUT2D eigenvalue weighted by atomic mass is 10.0. The Labute approximate surface area is 98.2 Å². The fourth-order valence-electron chi connectivity index (χ4n) is 1.46. The van der Waals surface area contributed by atoms with E-state index in [0.717, 1.165) is 17.7 Å². The molecule has 0 bridgehead atoms. The molecule has 3 heteroatoms. The maximum absolute atomic E-state index is 6.05. The van der Waals surface area contributed by atoms with Gasteiger partial charge in [0.1, 0.15) is 5.75 Å². The first-order valence-electron chi connectivity index (χ1n) is 5.17. The van der Waals surface area contributed by atoms with E-state index in [-0.39, 0.29) is 18.4 Å². The molecule has 0 amide bonds. The highest BCUT2D eigenvalue weighted by Gasteiger charge is 2.05. The van der Waals surface area contributed by atoms with Gasteiger partial charge in [0.2, 0.25) is 0 Å². The van der Waals surface area contributed by atoms with Crippen LogP contribution in [0.1, 0.15) is 37.8 Å². The molecule has 86 valence electrons. The molecule has 1 aromatic rings. The minimum atomic E-state index is 0. The van der Waals surface area contributed by atoms with Crippen molar-refractivity contribution in [3.8, 4) is 5.75 Å². The summed E-state index contributed by atoms with van der Waals surface area (Å²) < 4.78 is 5.15. The van der Waals surface area contributed by atoms with Gasteiger partial charge in [0.05, 0.1) is 7.11 Å². The van der Waals surface area contributed by atoms with Crippen molar-refractivity contribution in [1.29, 1.82) is 0 Å². The van der Waals surface area contributed by atoms with Crippen molar-refractivity contribution < 1.29 is 4.74 Å². The van der Waals surface area contributed by atoms with Gasteiger partial charge in [-0.1, -0.05) is 31.9 Å². The lowest BCUT2D eigenvalue weighted by molar-refractivity contribution is 0.413. The second-order valence-electron chi connectivity index (χ2n) is 3.53. The van der Waals surface area contributed by atoms with E-state index in [4.69, 9.17) is 10.5 Å². The molecule has 0 aliphatic heterocycles. The van der Waals surface area contributed by atoms with Crippen molar-refractivity contribution in [1.82, 2.24) is 0 Å². The maximum atomic E-state index is 6.05. The minimum absolute atomic E-state index is 0. The van der Waals surface area contributed by atoms with Crippen LogP contribution in [-0.4, -0.2) is 7.11 Å². The number of benzene rings is 1. The number of hydrogen-bond acceptors (Lipinski definition) is 2. The summed E-state index contributed by atoms with van der Waals surface area (Å²) >= 11 is 0. The Morgan fingerprint density at radius 3 is 2.73 bits per heavy atom. The summed E-state index contributed by atoms with van der Waals surface area (Å²) in [6.07, 6.45) is 3.42. The second-order valence-corrected chi connectivity index (χ2v) is 3.53. The number of unbranched alkanes of at least 4 members (excludes halogenated alkanes) is 1. The van der Waals surface area contributed by atoms with Gasteiger partial charge in [0.15, 0.2) is 0 Å². The molecule has 1 rings (SSSR count). The third kappa shape index (κ3) is 4.54. The molecule has 0 unspecified atom stereocenters. The predicted molar refractivity (Wildman–Crippen MR) is 66.7 cm³/mol. The fourth-order valence-corrected chi connectivity index (χ4v) is 1.46. The highest BCUT2D eigenvalue weighted by Crippen LogP contribution is 2.20. The molecule has 2 N–H and O–H groups in total. The zero-order valence-electron chi connectivity index (χ0n) is 9.40. The number of ether oxygens (including phenoxy) is 1. The monoisotopic (exact) mass is 229 g/mol. The predicted octanol–water partition coefficient (Wildman–Crippen LogP) is 3.31. The molecule has 0 saturated carbocycles. The van der Waals surface area contributed by atoms with Gasteiger partial charge in [0, 0.05) is 6.04 Å². The van der Waals surface area contributed by atoms with Crippen LogP contribution in [0.25, 0.3) is 0 Å². The van der Waals surface area contributed by atoms with E-state index in [0.29, 0.717) is 0 Å². The van der Waals surface area contributed by atoms with Crippen molar-refractivity contribution in [2.24, 2.45) is 5.73 Å². The molecule has 2 nitrogen and oxygen atoms in total. The van der Waals surface area contributed by atoms with E-state index in [1.165, 1.54) is 12.8 Å². The van der Waals surface area contributed by atoms with Gasteiger partial charge in [-0.3, -0.25) is 0 Å². The second kappa shape index (κ2) is 7.55. The Morgan fingerprint density at radius 2 is 2.13 bits per heavy atom. The van der Waals surface area contributed by atoms with Gasteiger partial charge < -0.3 is 10.5 Å². The SMILES string of the molecule is CCCC[C@H](N)c1cccc(OC)c1.Cl. The third-order valence-electron chi connectivity index (χ3n) is 2.39. The van der Waals surface area contributed by atoms with Crippen LogP contribution in [0, 0.1) is 0 Å². The standard InChI is InChI=1S/C12H19NO.ClH/c1-3-4-8-12(13)10-6-5-7-11(9-10)14-2;/h5-7,9,12H,3-4,8,13H2,1-2H3;1H/t12-;/m0./s1. The van der Waals surface area contributed by atoms with Crippen LogP contribution in [0.2, 0.25) is 0 Å². The molecule has 0 heterocycles. The molecular weight excluding hydrogens is 210 g/mol. The smallest absolute Gasteiger partial charge is 0.119 e. The van der Waals surface area contributed by atoms with Crippen LogP contribution in [0.15, 0.2) is 24.3 Å². The molecule has 0 radical (unpaired) electrons.